The summed E-state index contributed by atoms with van der Waals surface area (Å²) < 4.78 is 2.00. The molecule has 1 aromatic heterocycles. The van der Waals surface area contributed by atoms with Gasteiger partial charge in [-0.1, -0.05) is 12.1 Å². The number of piperidine rings is 3. The lowest BCUT2D eigenvalue weighted by molar-refractivity contribution is 0.0215. The Bertz CT molecular complexity index is 785. The minimum absolute atomic E-state index is 0.0381. The van der Waals surface area contributed by atoms with E-state index in [0.29, 0.717) is 12.0 Å². The number of carbonyl (C=O) groups is 1. The molecule has 4 heterocycles. The smallest absolute Gasteiger partial charge is 0.268 e. The molecule has 3 saturated heterocycles. The van der Waals surface area contributed by atoms with Crippen LogP contribution in [-0.4, -0.2) is 47.6 Å². The molecule has 3 fully saturated rings. The number of nitrogens with zero attached hydrogens (tertiary/aromatic N) is 2. The van der Waals surface area contributed by atoms with Crippen LogP contribution in [-0.2, 0) is 7.05 Å². The highest BCUT2D eigenvalue weighted by Crippen LogP contribution is 2.32. The lowest BCUT2D eigenvalue weighted by Crippen LogP contribution is -2.62. The third kappa shape index (κ3) is 2.90. The summed E-state index contributed by atoms with van der Waals surface area (Å²) in [5.74, 6) is 0.656. The van der Waals surface area contributed by atoms with E-state index in [1.165, 1.54) is 25.9 Å². The lowest BCUT2D eigenvalue weighted by Gasteiger charge is -2.49. The zero-order valence-corrected chi connectivity index (χ0v) is 15.8. The van der Waals surface area contributed by atoms with Gasteiger partial charge in [0.25, 0.3) is 5.91 Å². The van der Waals surface area contributed by atoms with Crippen LogP contribution in [0.15, 0.2) is 36.4 Å². The molecule has 0 radical (unpaired) electrons. The number of aromatic nitrogens is 1. The summed E-state index contributed by atoms with van der Waals surface area (Å²) in [4.78, 5) is 15.4. The Kier molecular flexibility index (Phi) is 4.49. The molecule has 1 amide bonds. The molecule has 2 bridgehead atoms. The van der Waals surface area contributed by atoms with Gasteiger partial charge in [0.2, 0.25) is 0 Å². The van der Waals surface area contributed by atoms with E-state index < -0.39 is 0 Å². The van der Waals surface area contributed by atoms with E-state index in [4.69, 9.17) is 0 Å². The van der Waals surface area contributed by atoms with E-state index in [2.05, 4.69) is 46.7 Å². The first-order valence-corrected chi connectivity index (χ1v) is 9.57. The second-order valence-corrected chi connectivity index (χ2v) is 7.60. The SMILES string of the molecule is CNc1ccc(-c2ccc(C(=O)N[C@@H]3C4CCN(CC4)[C@H]3C)n2C)cc1. The summed E-state index contributed by atoms with van der Waals surface area (Å²) in [7, 11) is 3.88. The number of hydrogen-bond donors (Lipinski definition) is 2. The molecule has 3 aliphatic rings. The largest absolute Gasteiger partial charge is 0.388 e. The van der Waals surface area contributed by atoms with Crippen molar-refractivity contribution in [3.63, 3.8) is 0 Å². The van der Waals surface area contributed by atoms with E-state index in [9.17, 15) is 4.79 Å². The number of anilines is 1. The standard InChI is InChI=1S/C21H28N4O/c1-14-20(16-10-12-25(14)13-11-16)23-21(26)19-9-8-18(24(19)3)15-4-6-17(22-2)7-5-15/h4-9,14,16,20,22H,10-13H2,1-3H3,(H,23,26)/t14-,20-/m0/s1. The van der Waals surface area contributed by atoms with Crippen LogP contribution in [0, 0.1) is 5.92 Å². The molecule has 2 atom stereocenters. The van der Waals surface area contributed by atoms with Crippen molar-refractivity contribution in [1.82, 2.24) is 14.8 Å². The highest BCUT2D eigenvalue weighted by Gasteiger charge is 2.40. The minimum Gasteiger partial charge on any atom is -0.388 e. The second-order valence-electron chi connectivity index (χ2n) is 7.60. The molecule has 2 aromatic rings. The van der Waals surface area contributed by atoms with Gasteiger partial charge in [0.1, 0.15) is 5.69 Å². The summed E-state index contributed by atoms with van der Waals surface area (Å²) in [5, 5.41) is 6.46. The van der Waals surface area contributed by atoms with Gasteiger partial charge < -0.3 is 15.2 Å². The quantitative estimate of drug-likeness (QED) is 0.889. The van der Waals surface area contributed by atoms with Gasteiger partial charge in [-0.3, -0.25) is 9.69 Å². The molecule has 0 spiro atoms. The molecule has 0 saturated carbocycles. The molecular weight excluding hydrogens is 324 g/mol. The van der Waals surface area contributed by atoms with Crippen molar-refractivity contribution in [2.45, 2.75) is 31.8 Å². The first-order valence-electron chi connectivity index (χ1n) is 9.57. The Hall–Kier alpha value is -2.27. The molecule has 2 N–H and O–H groups in total. The Morgan fingerprint density at radius 2 is 1.77 bits per heavy atom. The third-order valence-corrected chi connectivity index (χ3v) is 6.30. The van der Waals surface area contributed by atoms with E-state index in [0.717, 1.165) is 22.6 Å². The van der Waals surface area contributed by atoms with Crippen LogP contribution in [0.3, 0.4) is 0 Å². The van der Waals surface area contributed by atoms with Crippen molar-refractivity contribution in [1.29, 1.82) is 0 Å². The first-order chi connectivity index (χ1) is 12.6. The van der Waals surface area contributed by atoms with Gasteiger partial charge in [0, 0.05) is 37.6 Å². The lowest BCUT2D eigenvalue weighted by atomic mass is 9.79. The maximum Gasteiger partial charge on any atom is 0.268 e. The van der Waals surface area contributed by atoms with Gasteiger partial charge in [0.05, 0.1) is 0 Å². The van der Waals surface area contributed by atoms with Crippen LogP contribution in [0.25, 0.3) is 11.3 Å². The normalized spacial score (nSPS) is 27.3. The predicted molar refractivity (Wildman–Crippen MR) is 105 cm³/mol. The number of hydrogen-bond acceptors (Lipinski definition) is 3. The van der Waals surface area contributed by atoms with Crippen molar-refractivity contribution in [2.75, 3.05) is 25.5 Å². The van der Waals surface area contributed by atoms with Crippen LogP contribution in [0.1, 0.15) is 30.3 Å². The molecule has 5 rings (SSSR count). The maximum atomic E-state index is 12.9. The van der Waals surface area contributed by atoms with E-state index >= 15 is 0 Å². The van der Waals surface area contributed by atoms with Crippen molar-refractivity contribution in [3.05, 3.63) is 42.1 Å². The molecule has 3 aliphatic heterocycles. The zero-order chi connectivity index (χ0) is 18.3. The predicted octanol–water partition coefficient (Wildman–Crippen LogP) is 2.95. The Morgan fingerprint density at radius 3 is 2.38 bits per heavy atom. The maximum absolute atomic E-state index is 12.9. The fourth-order valence-electron chi connectivity index (χ4n) is 4.61. The number of amides is 1. The first kappa shape index (κ1) is 17.2. The molecule has 0 aliphatic carbocycles. The highest BCUT2D eigenvalue weighted by molar-refractivity contribution is 5.94. The van der Waals surface area contributed by atoms with E-state index in [1.54, 1.807) is 0 Å². The molecule has 138 valence electrons. The van der Waals surface area contributed by atoms with Gasteiger partial charge in [0.15, 0.2) is 0 Å². The van der Waals surface area contributed by atoms with Crippen LogP contribution in [0.2, 0.25) is 0 Å². The number of benzene rings is 1. The zero-order valence-electron chi connectivity index (χ0n) is 15.8. The van der Waals surface area contributed by atoms with Crippen molar-refractivity contribution < 1.29 is 4.79 Å². The van der Waals surface area contributed by atoms with Crippen molar-refractivity contribution >= 4 is 11.6 Å². The number of nitrogens with one attached hydrogen (secondary N) is 2. The number of carbonyl (C=O) groups excluding carboxylic acids is 1. The van der Waals surface area contributed by atoms with Crippen LogP contribution < -0.4 is 10.6 Å². The molecular formula is C21H28N4O. The highest BCUT2D eigenvalue weighted by atomic mass is 16.2. The van der Waals surface area contributed by atoms with Gasteiger partial charge in [-0.15, -0.1) is 0 Å². The fourth-order valence-corrected chi connectivity index (χ4v) is 4.61. The Labute approximate surface area is 155 Å². The molecule has 0 unspecified atom stereocenters. The van der Waals surface area contributed by atoms with Gasteiger partial charge >= 0.3 is 0 Å². The summed E-state index contributed by atoms with van der Waals surface area (Å²) in [6, 6.07) is 12.9. The summed E-state index contributed by atoms with van der Waals surface area (Å²) in [5.41, 5.74) is 3.97. The van der Waals surface area contributed by atoms with Crippen LogP contribution in [0.5, 0.6) is 0 Å². The molecule has 1 aromatic carbocycles. The number of rotatable bonds is 4. The van der Waals surface area contributed by atoms with Crippen LogP contribution in [0.4, 0.5) is 5.69 Å². The van der Waals surface area contributed by atoms with E-state index in [1.807, 2.05) is 30.8 Å². The third-order valence-electron chi connectivity index (χ3n) is 6.30. The monoisotopic (exact) mass is 352 g/mol. The minimum atomic E-state index is 0.0381. The van der Waals surface area contributed by atoms with Gasteiger partial charge in [-0.05, 0) is 68.6 Å². The van der Waals surface area contributed by atoms with Crippen molar-refractivity contribution in [2.24, 2.45) is 13.0 Å². The molecule has 5 nitrogen and oxygen atoms in total. The van der Waals surface area contributed by atoms with Gasteiger partial charge in [-0.25, -0.2) is 0 Å². The average molecular weight is 352 g/mol. The fraction of sp³-hybridized carbons (Fsp3) is 0.476. The van der Waals surface area contributed by atoms with Gasteiger partial charge in [-0.2, -0.15) is 0 Å². The Morgan fingerprint density at radius 1 is 1.08 bits per heavy atom. The summed E-state index contributed by atoms with van der Waals surface area (Å²) in [6.45, 7) is 4.60. The average Bonchev–Trinajstić information content (AvgIpc) is 3.06. The van der Waals surface area contributed by atoms with E-state index in [-0.39, 0.29) is 11.9 Å². The molecule has 5 heteroatoms. The van der Waals surface area contributed by atoms with Crippen molar-refractivity contribution in [3.8, 4) is 11.3 Å². The van der Waals surface area contributed by atoms with Crippen LogP contribution >= 0.6 is 0 Å². The second kappa shape index (κ2) is 6.80. The number of fused-ring (bicyclic) bond motifs is 3. The Balaban J connectivity index is 1.53. The summed E-state index contributed by atoms with van der Waals surface area (Å²) in [6.07, 6.45) is 2.40. The molecule has 26 heavy (non-hydrogen) atoms. The topological polar surface area (TPSA) is 49.3 Å². The summed E-state index contributed by atoms with van der Waals surface area (Å²) >= 11 is 0.